The second-order valence-corrected chi connectivity index (χ2v) is 5.16. The fourth-order valence-electron chi connectivity index (χ4n) is 3.03. The Hall–Kier alpha value is -2.47. The van der Waals surface area contributed by atoms with Crippen LogP contribution in [-0.2, 0) is 10.5 Å². The Morgan fingerprint density at radius 3 is 3.14 bits per heavy atom. The van der Waals surface area contributed by atoms with Crippen LogP contribution in [0.3, 0.4) is 0 Å². The van der Waals surface area contributed by atoms with E-state index in [9.17, 15) is 4.79 Å². The number of fused-ring (bicyclic) bond motifs is 3. The van der Waals surface area contributed by atoms with Gasteiger partial charge in [-0.05, 0) is 25.1 Å². The van der Waals surface area contributed by atoms with Crippen LogP contribution in [0.25, 0.3) is 0 Å². The van der Waals surface area contributed by atoms with Crippen LogP contribution in [0.4, 0.5) is 10.5 Å². The number of hydrogen-bond acceptors (Lipinski definition) is 4. The zero-order chi connectivity index (χ0) is 14.4. The summed E-state index contributed by atoms with van der Waals surface area (Å²) in [5.41, 5.74) is 2.16. The first kappa shape index (κ1) is 12.3. The van der Waals surface area contributed by atoms with Crippen LogP contribution in [0.15, 0.2) is 36.7 Å². The summed E-state index contributed by atoms with van der Waals surface area (Å²) in [5, 5.41) is 2.88. The molecule has 0 spiro atoms. The SMILES string of the molecule is Cc1cccc(C23OCCN2C(=O)Nc2ccncc23)n1. The average Bonchev–Trinajstić information content (AvgIpc) is 2.94. The standard InChI is InChI=1S/C15H14N4O2/c1-10-3-2-4-13(17-10)15-11-9-16-6-5-12(11)18-14(20)19(15)7-8-21-15/h2-6,9H,7-8H2,1H3,(H,18,20). The minimum absolute atomic E-state index is 0.172. The molecule has 1 N–H and O–H groups in total. The summed E-state index contributed by atoms with van der Waals surface area (Å²) in [7, 11) is 0. The van der Waals surface area contributed by atoms with E-state index in [2.05, 4.69) is 15.3 Å². The first-order valence-corrected chi connectivity index (χ1v) is 6.83. The zero-order valence-corrected chi connectivity index (χ0v) is 11.5. The van der Waals surface area contributed by atoms with Crippen molar-refractivity contribution in [1.82, 2.24) is 14.9 Å². The van der Waals surface area contributed by atoms with E-state index in [1.165, 1.54) is 0 Å². The lowest BCUT2D eigenvalue weighted by atomic mass is 9.95. The Kier molecular flexibility index (Phi) is 2.49. The number of aromatic nitrogens is 2. The fourth-order valence-corrected chi connectivity index (χ4v) is 3.03. The molecule has 0 aliphatic carbocycles. The number of nitrogens with zero attached hydrogens (tertiary/aromatic N) is 3. The molecule has 2 aromatic heterocycles. The van der Waals surface area contributed by atoms with Crippen molar-refractivity contribution in [3.8, 4) is 0 Å². The molecule has 6 heteroatoms. The number of carbonyl (C=O) groups excluding carboxylic acids is 1. The first-order valence-electron chi connectivity index (χ1n) is 6.83. The lowest BCUT2D eigenvalue weighted by Crippen LogP contribution is -2.52. The minimum atomic E-state index is -0.974. The maximum absolute atomic E-state index is 12.4. The predicted octanol–water partition coefficient (Wildman–Crippen LogP) is 1.86. The topological polar surface area (TPSA) is 67.3 Å². The number of pyridine rings is 2. The second-order valence-electron chi connectivity index (χ2n) is 5.16. The van der Waals surface area contributed by atoms with Crippen molar-refractivity contribution in [2.75, 3.05) is 18.5 Å². The van der Waals surface area contributed by atoms with E-state index in [0.717, 1.165) is 16.9 Å². The van der Waals surface area contributed by atoms with E-state index in [1.807, 2.05) is 25.1 Å². The van der Waals surface area contributed by atoms with Gasteiger partial charge in [0.15, 0.2) is 0 Å². The smallest absolute Gasteiger partial charge is 0.324 e. The zero-order valence-electron chi connectivity index (χ0n) is 11.5. The highest BCUT2D eigenvalue weighted by molar-refractivity contribution is 5.94. The number of aryl methyl sites for hydroxylation is 1. The highest BCUT2D eigenvalue weighted by Crippen LogP contribution is 2.45. The van der Waals surface area contributed by atoms with Crippen molar-refractivity contribution >= 4 is 11.7 Å². The molecular weight excluding hydrogens is 268 g/mol. The third-order valence-electron chi connectivity index (χ3n) is 3.91. The number of carbonyl (C=O) groups is 1. The minimum Gasteiger partial charge on any atom is -0.344 e. The molecule has 0 radical (unpaired) electrons. The maximum atomic E-state index is 12.4. The highest BCUT2D eigenvalue weighted by Gasteiger charge is 2.53. The Morgan fingerprint density at radius 2 is 2.29 bits per heavy atom. The molecule has 2 aromatic rings. The van der Waals surface area contributed by atoms with Gasteiger partial charge in [0.25, 0.3) is 0 Å². The van der Waals surface area contributed by atoms with Crippen LogP contribution in [0.1, 0.15) is 17.0 Å². The van der Waals surface area contributed by atoms with Gasteiger partial charge in [-0.3, -0.25) is 14.9 Å². The lowest BCUT2D eigenvalue weighted by Gasteiger charge is -2.41. The number of anilines is 1. The maximum Gasteiger partial charge on any atom is 0.324 e. The molecule has 106 valence electrons. The van der Waals surface area contributed by atoms with Crippen molar-refractivity contribution in [2.45, 2.75) is 12.6 Å². The third kappa shape index (κ3) is 1.59. The van der Waals surface area contributed by atoms with Gasteiger partial charge in [0.2, 0.25) is 5.72 Å². The summed E-state index contributed by atoms with van der Waals surface area (Å²) >= 11 is 0. The molecule has 2 aliphatic heterocycles. The van der Waals surface area contributed by atoms with Crippen molar-refractivity contribution in [2.24, 2.45) is 0 Å². The monoisotopic (exact) mass is 282 g/mol. The van der Waals surface area contributed by atoms with Crippen molar-refractivity contribution in [3.05, 3.63) is 53.6 Å². The van der Waals surface area contributed by atoms with E-state index in [4.69, 9.17) is 4.74 Å². The van der Waals surface area contributed by atoms with E-state index in [1.54, 1.807) is 23.4 Å². The molecule has 6 nitrogen and oxygen atoms in total. The van der Waals surface area contributed by atoms with Crippen molar-refractivity contribution in [3.63, 3.8) is 0 Å². The number of ether oxygens (including phenoxy) is 1. The molecule has 2 aliphatic rings. The molecule has 0 aromatic carbocycles. The fraction of sp³-hybridized carbons (Fsp3) is 0.267. The molecule has 2 amide bonds. The van der Waals surface area contributed by atoms with Crippen LogP contribution < -0.4 is 5.32 Å². The molecule has 0 bridgehead atoms. The van der Waals surface area contributed by atoms with Gasteiger partial charge < -0.3 is 10.1 Å². The largest absolute Gasteiger partial charge is 0.344 e. The van der Waals surface area contributed by atoms with Gasteiger partial charge in [-0.2, -0.15) is 0 Å². The number of nitrogens with one attached hydrogen (secondary N) is 1. The predicted molar refractivity (Wildman–Crippen MR) is 75.7 cm³/mol. The number of amides is 2. The number of urea groups is 1. The van der Waals surface area contributed by atoms with Crippen molar-refractivity contribution in [1.29, 1.82) is 0 Å². The molecule has 1 atom stereocenters. The van der Waals surface area contributed by atoms with Crippen LogP contribution >= 0.6 is 0 Å². The average molecular weight is 282 g/mol. The summed E-state index contributed by atoms with van der Waals surface area (Å²) in [6.07, 6.45) is 3.39. The van der Waals surface area contributed by atoms with Gasteiger partial charge >= 0.3 is 6.03 Å². The van der Waals surface area contributed by atoms with Crippen molar-refractivity contribution < 1.29 is 9.53 Å². The molecular formula is C15H14N4O2. The number of hydrogen-bond donors (Lipinski definition) is 1. The summed E-state index contributed by atoms with van der Waals surface area (Å²) < 4.78 is 6.05. The first-order chi connectivity index (χ1) is 10.2. The van der Waals surface area contributed by atoms with E-state index < -0.39 is 5.72 Å². The quantitative estimate of drug-likeness (QED) is 0.867. The Labute approximate surface area is 121 Å². The Morgan fingerprint density at radius 1 is 1.38 bits per heavy atom. The van der Waals surface area contributed by atoms with Gasteiger partial charge in [0.05, 0.1) is 23.6 Å². The summed E-state index contributed by atoms with van der Waals surface area (Å²) in [4.78, 5) is 22.8. The Balaban J connectivity index is 2.01. The molecule has 1 unspecified atom stereocenters. The molecule has 0 saturated carbocycles. The van der Waals surface area contributed by atoms with E-state index in [-0.39, 0.29) is 6.03 Å². The normalized spacial score (nSPS) is 23.5. The molecule has 1 saturated heterocycles. The van der Waals surface area contributed by atoms with Gasteiger partial charge in [-0.1, -0.05) is 6.07 Å². The molecule has 21 heavy (non-hydrogen) atoms. The van der Waals surface area contributed by atoms with Gasteiger partial charge in [0, 0.05) is 24.6 Å². The highest BCUT2D eigenvalue weighted by atomic mass is 16.5. The second kappa shape index (κ2) is 4.26. The van der Waals surface area contributed by atoms with Gasteiger partial charge in [-0.25, -0.2) is 4.79 Å². The lowest BCUT2D eigenvalue weighted by molar-refractivity contribution is -0.0364. The summed E-state index contributed by atoms with van der Waals surface area (Å²) in [6.45, 7) is 2.92. The van der Waals surface area contributed by atoms with Gasteiger partial charge in [0.1, 0.15) is 0 Å². The van der Waals surface area contributed by atoms with E-state index in [0.29, 0.717) is 18.8 Å². The molecule has 4 rings (SSSR count). The number of rotatable bonds is 1. The van der Waals surface area contributed by atoms with Crippen LogP contribution in [0.5, 0.6) is 0 Å². The third-order valence-corrected chi connectivity index (χ3v) is 3.91. The van der Waals surface area contributed by atoms with Crippen LogP contribution in [0.2, 0.25) is 0 Å². The van der Waals surface area contributed by atoms with Crippen LogP contribution in [0, 0.1) is 6.92 Å². The molecule has 4 heterocycles. The van der Waals surface area contributed by atoms with Gasteiger partial charge in [-0.15, -0.1) is 0 Å². The van der Waals surface area contributed by atoms with E-state index >= 15 is 0 Å². The summed E-state index contributed by atoms with van der Waals surface area (Å²) in [5.74, 6) is 0. The van der Waals surface area contributed by atoms with Crippen LogP contribution in [-0.4, -0.2) is 34.1 Å². The summed E-state index contributed by atoms with van der Waals surface area (Å²) in [6, 6.07) is 7.35. The molecule has 1 fully saturated rings. The Bertz CT molecular complexity index is 733.